The molecule has 2 heterocycles. The fourth-order valence-corrected chi connectivity index (χ4v) is 5.28. The van der Waals surface area contributed by atoms with Crippen LogP contribution in [0, 0.1) is 0 Å². The standard InChI is InChI=1S/C27H34N4O3/c32-23-15-24(29-17-23)27(34)31(22-12-10-19(11-13-22)18-8-9-18)25(20-5-4-14-28-16-20)26(33)30-21-6-2-1-3-7-21/h4-5,10-14,16,18,21,23-25,29,32H,1-3,6-9,15,17H2,(H,30,33). The van der Waals surface area contributed by atoms with E-state index in [0.29, 0.717) is 30.1 Å². The summed E-state index contributed by atoms with van der Waals surface area (Å²) in [5, 5.41) is 16.4. The quantitative estimate of drug-likeness (QED) is 0.587. The topological polar surface area (TPSA) is 94.6 Å². The summed E-state index contributed by atoms with van der Waals surface area (Å²) in [7, 11) is 0. The van der Waals surface area contributed by atoms with Crippen LogP contribution in [0.3, 0.4) is 0 Å². The maximum Gasteiger partial charge on any atom is 0.248 e. The SMILES string of the molecule is O=C(NC1CCCCC1)C(c1cccnc1)N(C(=O)C1CC(O)CN1)c1ccc(C2CC2)cc1. The Kier molecular flexibility index (Phi) is 6.92. The van der Waals surface area contributed by atoms with E-state index in [1.807, 2.05) is 18.2 Å². The van der Waals surface area contributed by atoms with Crippen molar-refractivity contribution in [2.45, 2.75) is 81.5 Å². The van der Waals surface area contributed by atoms with Crippen LogP contribution in [0.25, 0.3) is 0 Å². The highest BCUT2D eigenvalue weighted by Crippen LogP contribution is 2.41. The summed E-state index contributed by atoms with van der Waals surface area (Å²) < 4.78 is 0. The van der Waals surface area contributed by atoms with Gasteiger partial charge < -0.3 is 15.7 Å². The Hall–Kier alpha value is -2.77. The molecule has 34 heavy (non-hydrogen) atoms. The van der Waals surface area contributed by atoms with Gasteiger partial charge >= 0.3 is 0 Å². The van der Waals surface area contributed by atoms with Gasteiger partial charge in [0, 0.05) is 36.2 Å². The third-order valence-corrected chi connectivity index (χ3v) is 7.32. The van der Waals surface area contributed by atoms with Gasteiger partial charge in [0.1, 0.15) is 6.04 Å². The summed E-state index contributed by atoms with van der Waals surface area (Å²) in [5.41, 5.74) is 2.63. The number of carbonyl (C=O) groups excluding carboxylic acids is 2. The fourth-order valence-electron chi connectivity index (χ4n) is 5.28. The molecule has 1 aromatic carbocycles. The molecule has 2 amide bonds. The normalized spacial score (nSPS) is 23.9. The summed E-state index contributed by atoms with van der Waals surface area (Å²) in [6, 6.07) is 10.4. The van der Waals surface area contributed by atoms with Crippen molar-refractivity contribution in [2.24, 2.45) is 0 Å². The second-order valence-electron chi connectivity index (χ2n) is 9.96. The van der Waals surface area contributed by atoms with Gasteiger partial charge in [-0.1, -0.05) is 37.5 Å². The van der Waals surface area contributed by atoms with Gasteiger partial charge in [0.15, 0.2) is 0 Å². The molecular weight excluding hydrogens is 428 g/mol. The van der Waals surface area contributed by atoms with Gasteiger partial charge in [-0.3, -0.25) is 19.5 Å². The van der Waals surface area contributed by atoms with E-state index in [2.05, 4.69) is 27.8 Å². The highest BCUT2D eigenvalue weighted by Gasteiger charge is 2.39. The number of benzene rings is 1. The molecule has 3 fully saturated rings. The molecule has 2 aromatic rings. The number of aliphatic hydroxyl groups excluding tert-OH is 1. The zero-order chi connectivity index (χ0) is 23.5. The molecule has 1 saturated heterocycles. The molecule has 5 rings (SSSR count). The first kappa shape index (κ1) is 23.0. The average Bonchev–Trinajstić information content (AvgIpc) is 3.63. The Morgan fingerprint density at radius 3 is 2.44 bits per heavy atom. The zero-order valence-electron chi connectivity index (χ0n) is 19.5. The Balaban J connectivity index is 1.51. The molecule has 0 radical (unpaired) electrons. The molecule has 2 saturated carbocycles. The molecule has 3 N–H and O–H groups in total. The first-order chi connectivity index (χ1) is 16.6. The third-order valence-electron chi connectivity index (χ3n) is 7.32. The van der Waals surface area contributed by atoms with Crippen LogP contribution in [0.5, 0.6) is 0 Å². The Morgan fingerprint density at radius 2 is 1.82 bits per heavy atom. The first-order valence-electron chi connectivity index (χ1n) is 12.6. The lowest BCUT2D eigenvalue weighted by Crippen LogP contribution is -2.51. The van der Waals surface area contributed by atoms with Crippen LogP contribution < -0.4 is 15.5 Å². The molecule has 3 aliphatic rings. The molecular formula is C27H34N4O3. The maximum atomic E-state index is 13.9. The van der Waals surface area contributed by atoms with Crippen molar-refractivity contribution in [1.82, 2.24) is 15.6 Å². The third kappa shape index (κ3) is 5.15. The van der Waals surface area contributed by atoms with Crippen molar-refractivity contribution < 1.29 is 14.7 Å². The van der Waals surface area contributed by atoms with E-state index in [4.69, 9.17) is 0 Å². The first-order valence-corrected chi connectivity index (χ1v) is 12.6. The van der Waals surface area contributed by atoms with Crippen molar-refractivity contribution in [2.75, 3.05) is 11.4 Å². The number of β-amino-alcohol motifs (C(OH)–C–C–N with tert-alkyl or cyclic N) is 1. The Morgan fingerprint density at radius 1 is 1.06 bits per heavy atom. The van der Waals surface area contributed by atoms with Crippen molar-refractivity contribution in [1.29, 1.82) is 0 Å². The van der Waals surface area contributed by atoms with E-state index < -0.39 is 18.2 Å². The van der Waals surface area contributed by atoms with E-state index in [1.165, 1.54) is 24.8 Å². The minimum Gasteiger partial charge on any atom is -0.392 e. The summed E-state index contributed by atoms with van der Waals surface area (Å²) in [4.78, 5) is 33.5. The number of rotatable bonds is 7. The largest absolute Gasteiger partial charge is 0.392 e. The predicted molar refractivity (Wildman–Crippen MR) is 130 cm³/mol. The van der Waals surface area contributed by atoms with Gasteiger partial charge in [0.05, 0.1) is 12.1 Å². The molecule has 7 heteroatoms. The van der Waals surface area contributed by atoms with Gasteiger partial charge in [-0.05, 0) is 61.8 Å². The highest BCUT2D eigenvalue weighted by molar-refractivity contribution is 6.04. The van der Waals surface area contributed by atoms with Crippen LogP contribution in [-0.4, -0.2) is 46.6 Å². The maximum absolute atomic E-state index is 13.9. The minimum atomic E-state index is -0.838. The predicted octanol–water partition coefficient (Wildman–Crippen LogP) is 3.21. The van der Waals surface area contributed by atoms with Crippen molar-refractivity contribution in [3.8, 4) is 0 Å². The van der Waals surface area contributed by atoms with Gasteiger partial charge in [-0.2, -0.15) is 0 Å². The monoisotopic (exact) mass is 462 g/mol. The number of anilines is 1. The second-order valence-corrected chi connectivity index (χ2v) is 9.96. The lowest BCUT2D eigenvalue weighted by molar-refractivity contribution is -0.128. The molecule has 0 bridgehead atoms. The smallest absolute Gasteiger partial charge is 0.248 e. The van der Waals surface area contributed by atoms with Gasteiger partial charge in [0.2, 0.25) is 11.8 Å². The summed E-state index contributed by atoms with van der Waals surface area (Å²) in [6.07, 6.45) is 10.9. The van der Waals surface area contributed by atoms with Crippen LogP contribution in [0.15, 0.2) is 48.8 Å². The van der Waals surface area contributed by atoms with Gasteiger partial charge in [-0.15, -0.1) is 0 Å². The molecule has 3 unspecified atom stereocenters. The van der Waals surface area contributed by atoms with Crippen LogP contribution in [0.2, 0.25) is 0 Å². The lowest BCUT2D eigenvalue weighted by atomic mass is 9.94. The summed E-state index contributed by atoms with van der Waals surface area (Å²) in [6.45, 7) is 0.372. The number of aliphatic hydroxyl groups is 1. The summed E-state index contributed by atoms with van der Waals surface area (Å²) >= 11 is 0. The molecule has 3 atom stereocenters. The van der Waals surface area contributed by atoms with E-state index >= 15 is 0 Å². The van der Waals surface area contributed by atoms with Crippen molar-refractivity contribution in [3.63, 3.8) is 0 Å². The zero-order valence-corrected chi connectivity index (χ0v) is 19.5. The molecule has 180 valence electrons. The van der Waals surface area contributed by atoms with E-state index in [1.54, 1.807) is 23.4 Å². The molecule has 7 nitrogen and oxygen atoms in total. The number of pyridine rings is 1. The number of nitrogens with zero attached hydrogens (tertiary/aromatic N) is 2. The number of hydrogen-bond donors (Lipinski definition) is 3. The number of hydrogen-bond acceptors (Lipinski definition) is 5. The molecule has 2 aliphatic carbocycles. The number of carbonyl (C=O) groups is 2. The van der Waals surface area contributed by atoms with Crippen molar-refractivity contribution in [3.05, 3.63) is 59.9 Å². The number of aromatic nitrogens is 1. The van der Waals surface area contributed by atoms with Crippen LogP contribution in [-0.2, 0) is 9.59 Å². The van der Waals surface area contributed by atoms with Crippen LogP contribution in [0.1, 0.15) is 74.5 Å². The molecule has 1 aromatic heterocycles. The minimum absolute atomic E-state index is 0.126. The summed E-state index contributed by atoms with van der Waals surface area (Å²) in [5.74, 6) is 0.218. The van der Waals surface area contributed by atoms with Crippen molar-refractivity contribution >= 4 is 17.5 Å². The number of amides is 2. The van der Waals surface area contributed by atoms with E-state index in [0.717, 1.165) is 25.7 Å². The van der Waals surface area contributed by atoms with Gasteiger partial charge in [-0.25, -0.2) is 0 Å². The lowest BCUT2D eigenvalue weighted by Gasteiger charge is -2.34. The highest BCUT2D eigenvalue weighted by atomic mass is 16.3. The number of nitrogens with one attached hydrogen (secondary N) is 2. The van der Waals surface area contributed by atoms with Crippen LogP contribution >= 0.6 is 0 Å². The van der Waals surface area contributed by atoms with Gasteiger partial charge in [0.25, 0.3) is 0 Å². The van der Waals surface area contributed by atoms with Crippen LogP contribution in [0.4, 0.5) is 5.69 Å². The van der Waals surface area contributed by atoms with E-state index in [-0.39, 0.29) is 17.9 Å². The molecule has 0 spiro atoms. The second kappa shape index (κ2) is 10.2. The molecule has 1 aliphatic heterocycles. The average molecular weight is 463 g/mol. The Labute approximate surface area is 201 Å². The van der Waals surface area contributed by atoms with E-state index in [9.17, 15) is 14.7 Å². The fraction of sp³-hybridized carbons (Fsp3) is 0.519. The Bertz CT molecular complexity index is 987.